The Morgan fingerprint density at radius 2 is 1.86 bits per heavy atom. The van der Waals surface area contributed by atoms with Gasteiger partial charge in [0.25, 0.3) is 0 Å². The summed E-state index contributed by atoms with van der Waals surface area (Å²) in [5.41, 5.74) is 2.84. The van der Waals surface area contributed by atoms with E-state index >= 15 is 0 Å². The van der Waals surface area contributed by atoms with Crippen molar-refractivity contribution in [2.24, 2.45) is 4.99 Å². The number of benzene rings is 1. The minimum atomic E-state index is -0.646. The number of aryl methyl sites for hydroxylation is 2. The van der Waals surface area contributed by atoms with Crippen LogP contribution in [0, 0.1) is 13.8 Å². The van der Waals surface area contributed by atoms with E-state index in [1.165, 1.54) is 0 Å². The molecule has 0 saturated carbocycles. The minimum absolute atomic E-state index is 0.124. The summed E-state index contributed by atoms with van der Waals surface area (Å²) < 4.78 is 10.9. The molecule has 0 aliphatic heterocycles. The molecule has 0 amide bonds. The summed E-state index contributed by atoms with van der Waals surface area (Å²) in [7, 11) is 0. The third-order valence-electron chi connectivity index (χ3n) is 4.55. The number of hydrogen-bond donors (Lipinski definition) is 3. The van der Waals surface area contributed by atoms with E-state index < -0.39 is 6.10 Å². The van der Waals surface area contributed by atoms with E-state index in [0.29, 0.717) is 19.0 Å². The Kier molecular flexibility index (Phi) is 8.51. The van der Waals surface area contributed by atoms with Crippen molar-refractivity contribution in [2.45, 2.75) is 59.7 Å². The van der Waals surface area contributed by atoms with Crippen molar-refractivity contribution in [3.05, 3.63) is 46.8 Å². The highest BCUT2D eigenvalue weighted by Gasteiger charge is 2.16. The first-order valence-electron chi connectivity index (χ1n) is 10.2. The van der Waals surface area contributed by atoms with Gasteiger partial charge in [-0.05, 0) is 52.3 Å². The number of guanidine groups is 1. The quantitative estimate of drug-likeness (QED) is 0.439. The molecule has 2 atom stereocenters. The van der Waals surface area contributed by atoms with Gasteiger partial charge < -0.3 is 25.0 Å². The van der Waals surface area contributed by atoms with Crippen LogP contribution in [0.1, 0.15) is 62.3 Å². The molecule has 160 valence electrons. The van der Waals surface area contributed by atoms with Crippen LogP contribution in [0.2, 0.25) is 0 Å². The number of aliphatic hydroxyl groups is 1. The van der Waals surface area contributed by atoms with E-state index in [-0.39, 0.29) is 12.0 Å². The summed E-state index contributed by atoms with van der Waals surface area (Å²) >= 11 is 0. The maximum absolute atomic E-state index is 10.5. The molecular weight excluding hydrogens is 368 g/mol. The number of rotatable bonds is 9. The second-order valence-corrected chi connectivity index (χ2v) is 7.49. The first-order valence-corrected chi connectivity index (χ1v) is 10.2. The lowest BCUT2D eigenvalue weighted by atomic mass is 10.00. The highest BCUT2D eigenvalue weighted by molar-refractivity contribution is 5.79. The van der Waals surface area contributed by atoms with E-state index in [0.717, 1.165) is 34.9 Å². The Balaban J connectivity index is 1.94. The van der Waals surface area contributed by atoms with Crippen LogP contribution < -0.4 is 15.4 Å². The van der Waals surface area contributed by atoms with Gasteiger partial charge in [0.15, 0.2) is 5.96 Å². The van der Waals surface area contributed by atoms with Gasteiger partial charge in [0.2, 0.25) is 0 Å². The van der Waals surface area contributed by atoms with Crippen LogP contribution in [0.5, 0.6) is 5.75 Å². The van der Waals surface area contributed by atoms with E-state index in [2.05, 4.69) is 27.7 Å². The van der Waals surface area contributed by atoms with Gasteiger partial charge in [-0.2, -0.15) is 0 Å². The lowest BCUT2D eigenvalue weighted by molar-refractivity contribution is 0.180. The molecule has 0 aliphatic rings. The minimum Gasteiger partial charge on any atom is -0.491 e. The van der Waals surface area contributed by atoms with Gasteiger partial charge in [-0.15, -0.1) is 0 Å². The molecule has 2 unspecified atom stereocenters. The first kappa shape index (κ1) is 22.7. The van der Waals surface area contributed by atoms with Gasteiger partial charge >= 0.3 is 0 Å². The second kappa shape index (κ2) is 10.9. The smallest absolute Gasteiger partial charge is 0.191 e. The summed E-state index contributed by atoms with van der Waals surface area (Å²) in [6.45, 7) is 13.7. The Bertz CT molecular complexity index is 764. The maximum Gasteiger partial charge on any atom is 0.191 e. The van der Waals surface area contributed by atoms with Gasteiger partial charge in [0.1, 0.15) is 11.5 Å². The van der Waals surface area contributed by atoms with Crippen LogP contribution in [0.4, 0.5) is 0 Å². The van der Waals surface area contributed by atoms with Crippen molar-refractivity contribution < 1.29 is 14.4 Å². The second-order valence-electron chi connectivity index (χ2n) is 7.49. The summed E-state index contributed by atoms with van der Waals surface area (Å²) in [5, 5.41) is 21.0. The third-order valence-corrected chi connectivity index (χ3v) is 4.55. The molecule has 1 heterocycles. The SMILES string of the molecule is CCNC(=NCC(C)c1c(C)noc1C)NCC(O)c1ccc(OC(C)C)cc1. The van der Waals surface area contributed by atoms with Crippen LogP contribution in [0.3, 0.4) is 0 Å². The van der Waals surface area contributed by atoms with Crippen LogP contribution in [-0.4, -0.2) is 42.0 Å². The van der Waals surface area contributed by atoms with Crippen LogP contribution in [0.25, 0.3) is 0 Å². The number of hydrogen-bond acceptors (Lipinski definition) is 5. The van der Waals surface area contributed by atoms with Crippen molar-refractivity contribution >= 4 is 5.96 Å². The zero-order chi connectivity index (χ0) is 21.4. The van der Waals surface area contributed by atoms with E-state index in [9.17, 15) is 5.11 Å². The molecule has 1 aromatic heterocycles. The Morgan fingerprint density at radius 1 is 1.17 bits per heavy atom. The standard InChI is InChI=1S/C22H34N4O3/c1-7-23-22(24-12-15(4)21-16(5)26-29-17(21)6)25-13-20(27)18-8-10-19(11-9-18)28-14(2)3/h8-11,14-15,20,27H,7,12-13H2,1-6H3,(H2,23,24,25). The number of aromatic nitrogens is 1. The van der Waals surface area contributed by atoms with Crippen molar-refractivity contribution in [3.63, 3.8) is 0 Å². The lowest BCUT2D eigenvalue weighted by Crippen LogP contribution is -2.39. The normalized spacial score (nSPS) is 14.0. The van der Waals surface area contributed by atoms with Crippen molar-refractivity contribution in [3.8, 4) is 5.75 Å². The van der Waals surface area contributed by atoms with Gasteiger partial charge in [0.05, 0.1) is 17.9 Å². The van der Waals surface area contributed by atoms with Crippen molar-refractivity contribution in [1.29, 1.82) is 0 Å². The zero-order valence-corrected chi connectivity index (χ0v) is 18.3. The molecule has 0 aliphatic carbocycles. The number of nitrogens with one attached hydrogen (secondary N) is 2. The third kappa shape index (κ3) is 6.78. The fourth-order valence-electron chi connectivity index (χ4n) is 3.21. The number of aliphatic hydroxyl groups excluding tert-OH is 1. The predicted molar refractivity (Wildman–Crippen MR) is 116 cm³/mol. The summed E-state index contributed by atoms with van der Waals surface area (Å²) in [6.07, 6.45) is -0.522. The fraction of sp³-hybridized carbons (Fsp3) is 0.545. The molecule has 2 rings (SSSR count). The summed E-state index contributed by atoms with van der Waals surface area (Å²) in [6, 6.07) is 7.52. The molecule has 0 bridgehead atoms. The zero-order valence-electron chi connectivity index (χ0n) is 18.3. The molecule has 29 heavy (non-hydrogen) atoms. The number of ether oxygens (including phenoxy) is 1. The molecule has 0 saturated heterocycles. The average molecular weight is 403 g/mol. The molecular formula is C22H34N4O3. The van der Waals surface area contributed by atoms with Gasteiger partial charge in [-0.1, -0.05) is 24.2 Å². The summed E-state index contributed by atoms with van der Waals surface area (Å²) in [4.78, 5) is 4.66. The average Bonchev–Trinajstić information content (AvgIpc) is 3.02. The monoisotopic (exact) mass is 402 g/mol. The van der Waals surface area contributed by atoms with E-state index in [4.69, 9.17) is 9.26 Å². The van der Waals surface area contributed by atoms with Crippen molar-refractivity contribution in [1.82, 2.24) is 15.8 Å². The highest BCUT2D eigenvalue weighted by atomic mass is 16.5. The Hall–Kier alpha value is -2.54. The molecule has 0 radical (unpaired) electrons. The van der Waals surface area contributed by atoms with Gasteiger partial charge in [-0.3, -0.25) is 4.99 Å². The molecule has 0 spiro atoms. The van der Waals surface area contributed by atoms with Crippen LogP contribution in [-0.2, 0) is 0 Å². The topological polar surface area (TPSA) is 91.9 Å². The highest BCUT2D eigenvalue weighted by Crippen LogP contribution is 2.23. The number of aliphatic imine (C=N–C) groups is 1. The largest absolute Gasteiger partial charge is 0.491 e. The van der Waals surface area contributed by atoms with Crippen LogP contribution in [0.15, 0.2) is 33.8 Å². The first-order chi connectivity index (χ1) is 13.8. The van der Waals surface area contributed by atoms with Crippen molar-refractivity contribution in [2.75, 3.05) is 19.6 Å². The maximum atomic E-state index is 10.5. The van der Waals surface area contributed by atoms with E-state index in [1.54, 1.807) is 0 Å². The molecule has 1 aromatic carbocycles. The molecule has 7 nitrogen and oxygen atoms in total. The molecule has 7 heteroatoms. The fourth-order valence-corrected chi connectivity index (χ4v) is 3.21. The van der Waals surface area contributed by atoms with Gasteiger partial charge in [-0.25, -0.2) is 0 Å². The van der Waals surface area contributed by atoms with Gasteiger partial charge in [0, 0.05) is 31.1 Å². The van der Waals surface area contributed by atoms with Crippen LogP contribution >= 0.6 is 0 Å². The summed E-state index contributed by atoms with van der Waals surface area (Å²) in [5.74, 6) is 2.50. The van der Waals surface area contributed by atoms with E-state index in [1.807, 2.05) is 58.9 Å². The Labute approximate surface area is 173 Å². The Morgan fingerprint density at radius 3 is 2.41 bits per heavy atom. The molecule has 3 N–H and O–H groups in total. The molecule has 2 aromatic rings. The predicted octanol–water partition coefficient (Wildman–Crippen LogP) is 3.47. The lowest BCUT2D eigenvalue weighted by Gasteiger charge is -2.17. The number of nitrogens with zero attached hydrogens (tertiary/aromatic N) is 2. The molecule has 0 fully saturated rings.